The van der Waals surface area contributed by atoms with Crippen LogP contribution < -0.4 is 4.90 Å². The number of carboxylic acids is 1. The standard InChI is InChI=1S/C11H13N3O4/c1-7-3-5-13(10(7)11(15)16)9-6-8(14(17)18)2-4-12-9/h2,4,6-7,10H,3,5H2,1H3,(H,15,16). The number of anilines is 1. The summed E-state index contributed by atoms with van der Waals surface area (Å²) in [7, 11) is 0. The number of aliphatic carboxylic acids is 1. The molecule has 2 rings (SSSR count). The number of carboxylic acid groups (broad SMARTS) is 1. The Bertz CT molecular complexity index is 491. The quantitative estimate of drug-likeness (QED) is 0.642. The molecule has 18 heavy (non-hydrogen) atoms. The van der Waals surface area contributed by atoms with Crippen LogP contribution in [0.15, 0.2) is 18.3 Å². The largest absolute Gasteiger partial charge is 0.480 e. The van der Waals surface area contributed by atoms with Gasteiger partial charge >= 0.3 is 5.97 Å². The number of pyridine rings is 1. The van der Waals surface area contributed by atoms with E-state index in [9.17, 15) is 20.0 Å². The van der Waals surface area contributed by atoms with Crippen molar-refractivity contribution in [2.75, 3.05) is 11.4 Å². The summed E-state index contributed by atoms with van der Waals surface area (Å²) in [6, 6.07) is 1.94. The van der Waals surface area contributed by atoms with Gasteiger partial charge in [-0.3, -0.25) is 10.1 Å². The molecule has 1 fully saturated rings. The Morgan fingerprint density at radius 3 is 3.00 bits per heavy atom. The predicted molar refractivity (Wildman–Crippen MR) is 63.4 cm³/mol. The Morgan fingerprint density at radius 2 is 2.39 bits per heavy atom. The average molecular weight is 251 g/mol. The van der Waals surface area contributed by atoms with Gasteiger partial charge in [-0.05, 0) is 12.3 Å². The molecule has 96 valence electrons. The van der Waals surface area contributed by atoms with E-state index in [0.717, 1.165) is 6.42 Å². The molecule has 7 nitrogen and oxygen atoms in total. The van der Waals surface area contributed by atoms with Gasteiger partial charge in [0, 0.05) is 18.8 Å². The van der Waals surface area contributed by atoms with Gasteiger partial charge in [0.1, 0.15) is 11.9 Å². The summed E-state index contributed by atoms with van der Waals surface area (Å²) in [6.45, 7) is 2.41. The third kappa shape index (κ3) is 2.11. The zero-order valence-corrected chi connectivity index (χ0v) is 9.81. The van der Waals surface area contributed by atoms with Gasteiger partial charge in [-0.25, -0.2) is 9.78 Å². The first kappa shape index (κ1) is 12.3. The van der Waals surface area contributed by atoms with Gasteiger partial charge in [0.05, 0.1) is 11.0 Å². The fourth-order valence-corrected chi connectivity index (χ4v) is 2.26. The fourth-order valence-electron chi connectivity index (χ4n) is 2.26. The van der Waals surface area contributed by atoms with Crippen LogP contribution in [0.1, 0.15) is 13.3 Å². The summed E-state index contributed by atoms with van der Waals surface area (Å²) in [6.07, 6.45) is 2.07. The molecule has 1 aromatic rings. The normalized spacial score (nSPS) is 23.1. The summed E-state index contributed by atoms with van der Waals surface area (Å²) in [4.78, 5) is 27.0. The van der Waals surface area contributed by atoms with Gasteiger partial charge in [0.2, 0.25) is 0 Å². The minimum Gasteiger partial charge on any atom is -0.480 e. The number of rotatable bonds is 3. The number of carbonyl (C=O) groups is 1. The first-order valence-electron chi connectivity index (χ1n) is 5.60. The van der Waals surface area contributed by atoms with Crippen LogP contribution in [-0.2, 0) is 4.79 Å². The van der Waals surface area contributed by atoms with E-state index in [1.165, 1.54) is 18.3 Å². The third-order valence-corrected chi connectivity index (χ3v) is 3.19. The molecule has 0 aromatic carbocycles. The third-order valence-electron chi connectivity index (χ3n) is 3.19. The number of hydrogen-bond donors (Lipinski definition) is 1. The molecule has 7 heteroatoms. The maximum Gasteiger partial charge on any atom is 0.326 e. The van der Waals surface area contributed by atoms with Crippen molar-refractivity contribution in [1.82, 2.24) is 4.98 Å². The van der Waals surface area contributed by atoms with Crippen molar-refractivity contribution >= 4 is 17.5 Å². The minimum absolute atomic E-state index is 0.00330. The lowest BCUT2D eigenvalue weighted by atomic mass is 10.0. The Balaban J connectivity index is 2.33. The van der Waals surface area contributed by atoms with Crippen molar-refractivity contribution in [3.8, 4) is 0 Å². The highest BCUT2D eigenvalue weighted by Gasteiger charge is 2.37. The molecule has 2 heterocycles. The predicted octanol–water partition coefficient (Wildman–Crippen LogP) is 1.29. The topological polar surface area (TPSA) is 96.6 Å². The van der Waals surface area contributed by atoms with Crippen molar-refractivity contribution in [2.45, 2.75) is 19.4 Å². The van der Waals surface area contributed by atoms with E-state index in [0.29, 0.717) is 12.4 Å². The zero-order valence-electron chi connectivity index (χ0n) is 9.81. The molecule has 2 atom stereocenters. The molecular formula is C11H13N3O4. The van der Waals surface area contributed by atoms with E-state index in [1.54, 1.807) is 4.90 Å². The lowest BCUT2D eigenvalue weighted by molar-refractivity contribution is -0.384. The van der Waals surface area contributed by atoms with Crippen LogP contribution >= 0.6 is 0 Å². The van der Waals surface area contributed by atoms with Crippen molar-refractivity contribution < 1.29 is 14.8 Å². The molecule has 1 N–H and O–H groups in total. The van der Waals surface area contributed by atoms with Crippen molar-refractivity contribution in [1.29, 1.82) is 0 Å². The summed E-state index contributed by atoms with van der Waals surface area (Å²) < 4.78 is 0. The van der Waals surface area contributed by atoms with Crippen LogP contribution in [-0.4, -0.2) is 33.6 Å². The summed E-state index contributed by atoms with van der Waals surface area (Å²) >= 11 is 0. The average Bonchev–Trinajstić information content (AvgIpc) is 2.71. The molecule has 0 radical (unpaired) electrons. The van der Waals surface area contributed by atoms with E-state index in [1.807, 2.05) is 6.92 Å². The van der Waals surface area contributed by atoms with Gasteiger partial charge in [0.15, 0.2) is 0 Å². The molecule has 0 spiro atoms. The van der Waals surface area contributed by atoms with Crippen molar-refractivity contribution in [3.63, 3.8) is 0 Å². The highest BCUT2D eigenvalue weighted by atomic mass is 16.6. The minimum atomic E-state index is -0.923. The van der Waals surface area contributed by atoms with Crippen LogP contribution in [0.25, 0.3) is 0 Å². The molecule has 0 saturated carbocycles. The molecule has 0 amide bonds. The summed E-state index contributed by atoms with van der Waals surface area (Å²) in [5.41, 5.74) is -0.0799. The Morgan fingerprint density at radius 1 is 1.67 bits per heavy atom. The Kier molecular flexibility index (Phi) is 3.14. The van der Waals surface area contributed by atoms with Gasteiger partial charge in [-0.15, -0.1) is 0 Å². The van der Waals surface area contributed by atoms with Crippen molar-refractivity contribution in [2.24, 2.45) is 5.92 Å². The lowest BCUT2D eigenvalue weighted by Crippen LogP contribution is -2.39. The van der Waals surface area contributed by atoms with Crippen LogP contribution in [0.4, 0.5) is 11.5 Å². The first-order chi connectivity index (χ1) is 8.50. The van der Waals surface area contributed by atoms with E-state index in [4.69, 9.17) is 0 Å². The highest BCUT2D eigenvalue weighted by molar-refractivity contribution is 5.79. The molecule has 1 aliphatic rings. The number of aromatic nitrogens is 1. The van der Waals surface area contributed by atoms with E-state index in [2.05, 4.69) is 4.98 Å². The molecule has 2 unspecified atom stereocenters. The molecular weight excluding hydrogens is 238 g/mol. The zero-order chi connectivity index (χ0) is 13.3. The molecule has 1 saturated heterocycles. The SMILES string of the molecule is CC1CCN(c2cc([N+](=O)[O-])ccn2)C1C(=O)O. The smallest absolute Gasteiger partial charge is 0.326 e. The van der Waals surface area contributed by atoms with Gasteiger partial charge in [-0.1, -0.05) is 6.92 Å². The summed E-state index contributed by atoms with van der Waals surface area (Å²) in [5, 5.41) is 19.9. The molecule has 1 aliphatic heterocycles. The number of hydrogen-bond acceptors (Lipinski definition) is 5. The maximum atomic E-state index is 11.2. The second-order valence-corrected chi connectivity index (χ2v) is 4.37. The van der Waals surface area contributed by atoms with Gasteiger partial charge in [-0.2, -0.15) is 0 Å². The highest BCUT2D eigenvalue weighted by Crippen LogP contribution is 2.30. The summed E-state index contributed by atoms with van der Waals surface area (Å²) in [5.74, 6) is -0.571. The van der Waals surface area contributed by atoms with Crippen LogP contribution in [0.5, 0.6) is 0 Å². The lowest BCUT2D eigenvalue weighted by Gasteiger charge is -2.23. The van der Waals surface area contributed by atoms with Crippen LogP contribution in [0.2, 0.25) is 0 Å². The maximum absolute atomic E-state index is 11.2. The van der Waals surface area contributed by atoms with E-state index in [-0.39, 0.29) is 11.6 Å². The molecule has 1 aromatic heterocycles. The fraction of sp³-hybridized carbons (Fsp3) is 0.455. The monoisotopic (exact) mass is 251 g/mol. The van der Waals surface area contributed by atoms with E-state index < -0.39 is 16.9 Å². The first-order valence-corrected chi connectivity index (χ1v) is 5.60. The second kappa shape index (κ2) is 4.59. The van der Waals surface area contributed by atoms with Crippen molar-refractivity contribution in [3.05, 3.63) is 28.4 Å². The van der Waals surface area contributed by atoms with Crippen LogP contribution in [0, 0.1) is 16.0 Å². The molecule has 0 bridgehead atoms. The number of nitro groups is 1. The number of nitrogens with zero attached hydrogens (tertiary/aromatic N) is 3. The Hall–Kier alpha value is -2.18. The van der Waals surface area contributed by atoms with Gasteiger partial charge < -0.3 is 10.0 Å². The van der Waals surface area contributed by atoms with Gasteiger partial charge in [0.25, 0.3) is 5.69 Å². The Labute approximate surface area is 103 Å². The second-order valence-electron chi connectivity index (χ2n) is 4.37. The van der Waals surface area contributed by atoms with Crippen LogP contribution in [0.3, 0.4) is 0 Å². The van der Waals surface area contributed by atoms with E-state index >= 15 is 0 Å². The molecule has 0 aliphatic carbocycles.